The van der Waals surface area contributed by atoms with Gasteiger partial charge < -0.3 is 40.0 Å². The molecular weight excluding hydrogens is 955 g/mol. The number of amides is 5. The molecule has 3 aromatic carbocycles. The topological polar surface area (TPSA) is 219 Å². The molecule has 17 nitrogen and oxygen atoms in total. The van der Waals surface area contributed by atoms with Crippen LogP contribution in [0.3, 0.4) is 0 Å². The van der Waals surface area contributed by atoms with Gasteiger partial charge in [0.2, 0.25) is 12.2 Å². The summed E-state index contributed by atoms with van der Waals surface area (Å²) in [7, 11) is 0. The monoisotopic (exact) mass is 1020 g/mol. The highest BCUT2D eigenvalue weighted by atomic mass is 32.1. The Bertz CT molecular complexity index is 2060. The van der Waals surface area contributed by atoms with E-state index in [0.29, 0.717) is 38.8 Å². The van der Waals surface area contributed by atoms with Crippen LogP contribution in [0.1, 0.15) is 102 Å². The van der Waals surface area contributed by atoms with Crippen LogP contribution < -0.4 is 16.0 Å². The Labute approximate surface area is 424 Å². The van der Waals surface area contributed by atoms with Crippen LogP contribution >= 0.6 is 54.0 Å². The zero-order valence-corrected chi connectivity index (χ0v) is 42.9. The minimum Gasteiger partial charge on any atom is -0.448 e. The number of ether oxygens (including phenoxy) is 4. The van der Waals surface area contributed by atoms with Crippen LogP contribution in [0, 0.1) is 0 Å². The summed E-state index contributed by atoms with van der Waals surface area (Å²) in [5.74, 6) is -2.06. The van der Waals surface area contributed by atoms with E-state index in [1.165, 1.54) is 9.80 Å². The number of hydrogen-bond acceptors (Lipinski definition) is 12. The molecule has 68 heavy (non-hydrogen) atoms. The van der Waals surface area contributed by atoms with Gasteiger partial charge in [0.05, 0.1) is 6.04 Å². The van der Waals surface area contributed by atoms with Gasteiger partial charge in [0.25, 0.3) is 17.7 Å². The molecule has 5 aliphatic heterocycles. The van der Waals surface area contributed by atoms with Gasteiger partial charge in [-0.05, 0) is 83.9 Å². The smallest absolute Gasteiger partial charge is 0.411 e. The molecule has 0 aromatic heterocycles. The van der Waals surface area contributed by atoms with Crippen LogP contribution in [0.2, 0.25) is 0 Å². The molecule has 5 amide bonds. The molecule has 374 valence electrons. The number of β-lactam (4-membered cyclic amide) rings is 3. The maximum atomic E-state index is 12.6. The number of nitrogens with one attached hydrogen (secondary N) is 3. The first-order valence-corrected chi connectivity index (χ1v) is 21.5. The minimum absolute atomic E-state index is 0. The lowest BCUT2D eigenvalue weighted by atomic mass is 9.94. The van der Waals surface area contributed by atoms with Gasteiger partial charge in [0, 0.05) is 13.1 Å². The molecule has 5 aliphatic rings. The number of nitrogens with zero attached hydrogens (tertiary/aromatic N) is 2. The van der Waals surface area contributed by atoms with E-state index in [2.05, 4.69) is 16.0 Å². The number of carbonyl (C=O) groups is 7. The number of aliphatic hydroxyl groups excluding tert-OH is 1. The van der Waals surface area contributed by atoms with Crippen molar-refractivity contribution in [3.05, 3.63) is 108 Å². The molecule has 0 unspecified atom stereocenters. The quantitative estimate of drug-likeness (QED) is 0.140. The Hall–Kier alpha value is -5.09. The molecule has 8 atom stereocenters. The highest BCUT2D eigenvalue weighted by molar-refractivity contribution is 7.59. The minimum atomic E-state index is -0.869. The predicted octanol–water partition coefficient (Wildman–Crippen LogP) is 5.01. The molecule has 5 heterocycles. The summed E-state index contributed by atoms with van der Waals surface area (Å²) >= 11 is 0. The number of esters is 2. The van der Waals surface area contributed by atoms with Crippen LogP contribution in [-0.2, 0) is 42.9 Å². The summed E-state index contributed by atoms with van der Waals surface area (Å²) in [4.78, 5) is 87.0. The molecule has 3 aromatic rings. The van der Waals surface area contributed by atoms with Crippen LogP contribution in [-0.4, -0.2) is 111 Å². The molecule has 5 fully saturated rings. The third-order valence-electron chi connectivity index (χ3n) is 10.9. The van der Waals surface area contributed by atoms with Crippen molar-refractivity contribution < 1.29 is 57.6 Å². The van der Waals surface area contributed by atoms with Gasteiger partial charge >= 0.3 is 24.1 Å². The van der Waals surface area contributed by atoms with E-state index < -0.39 is 65.7 Å². The lowest BCUT2D eigenvalue weighted by Gasteiger charge is -2.37. The van der Waals surface area contributed by atoms with Gasteiger partial charge in [-0.2, -0.15) is 54.0 Å². The van der Waals surface area contributed by atoms with Crippen molar-refractivity contribution in [3.63, 3.8) is 0 Å². The van der Waals surface area contributed by atoms with Crippen LogP contribution in [0.5, 0.6) is 0 Å². The predicted molar refractivity (Wildman–Crippen MR) is 271 cm³/mol. The molecule has 21 heteroatoms. The van der Waals surface area contributed by atoms with Gasteiger partial charge in [0.15, 0.2) is 6.10 Å². The SMILES string of the molecule is CC(C)(C)OC(=O)N1CCC[C@H]1C(=O)O[C@@H]1C(=O)N[C@@H]1c1ccccc1.CC(C)(C)OC(=O)N1CCC[C@H]1C(=O)O[C@H]1C(=O)N[C@H]1c1ccccc1.O=C1N[C@@H](c2ccccc2)[C@H]1O.S.S.S.S. The normalized spacial score (nSPS) is 24.2. The average molecular weight is 1020 g/mol. The molecule has 5 saturated heterocycles. The van der Waals surface area contributed by atoms with Gasteiger partial charge in [-0.3, -0.25) is 24.2 Å². The fourth-order valence-corrected chi connectivity index (χ4v) is 7.62. The van der Waals surface area contributed by atoms with Gasteiger partial charge in [-0.15, -0.1) is 0 Å². The fourth-order valence-electron chi connectivity index (χ4n) is 7.62. The van der Waals surface area contributed by atoms with Crippen molar-refractivity contribution in [1.29, 1.82) is 0 Å². The average Bonchev–Trinajstić information content (AvgIpc) is 3.97. The standard InChI is InChI=1S/2C19H24N2O5.C9H9NO2.4H2S/c2*1-19(2,3)26-18(24)21-11-7-10-13(21)17(23)25-15-14(20-16(15)22)12-8-5-4-6-9-12;11-8-7(10-9(8)12)6-4-2-1-3-5-6;;;;/h2*4-6,8-9,13-15H,7,10-11H2,1-3H3,(H,20,22);1-5,7-8,11H,(H,10,12);4*1H2/t13-,14+,15-;13-,14-,15+;7-,8+;;;;/m000..../s1. The second-order valence-corrected chi connectivity index (χ2v) is 18.0. The number of hydrogen-bond donors (Lipinski definition) is 4. The van der Waals surface area contributed by atoms with E-state index in [0.717, 1.165) is 16.7 Å². The van der Waals surface area contributed by atoms with Gasteiger partial charge in [0.1, 0.15) is 35.4 Å². The maximum absolute atomic E-state index is 12.6. The fraction of sp³-hybridized carbons (Fsp3) is 0.468. The Morgan fingerprint density at radius 3 is 1.10 bits per heavy atom. The largest absolute Gasteiger partial charge is 0.448 e. The highest BCUT2D eigenvalue weighted by Gasteiger charge is 2.48. The van der Waals surface area contributed by atoms with Gasteiger partial charge in [-0.25, -0.2) is 19.2 Å². The number of rotatable bonds is 7. The van der Waals surface area contributed by atoms with Crippen molar-refractivity contribution in [3.8, 4) is 0 Å². The van der Waals surface area contributed by atoms with E-state index >= 15 is 0 Å². The first-order valence-electron chi connectivity index (χ1n) is 21.5. The summed E-state index contributed by atoms with van der Waals surface area (Å²) in [6.07, 6.45) is -1.28. The van der Waals surface area contributed by atoms with E-state index in [4.69, 9.17) is 18.9 Å². The molecular formula is C47H65N5O12S4. The Kier molecular flexibility index (Phi) is 22.1. The van der Waals surface area contributed by atoms with Crippen LogP contribution in [0.15, 0.2) is 91.0 Å². The molecule has 8 rings (SSSR count). The number of aliphatic hydroxyl groups is 1. The van der Waals surface area contributed by atoms with Crippen molar-refractivity contribution in [2.24, 2.45) is 0 Å². The van der Waals surface area contributed by atoms with Crippen molar-refractivity contribution in [2.45, 2.75) is 127 Å². The molecule has 0 spiro atoms. The van der Waals surface area contributed by atoms with E-state index in [-0.39, 0.29) is 89.8 Å². The van der Waals surface area contributed by atoms with E-state index in [1.807, 2.05) is 91.0 Å². The lowest BCUT2D eigenvalue weighted by Crippen LogP contribution is -2.59. The Morgan fingerprint density at radius 2 is 0.824 bits per heavy atom. The third kappa shape index (κ3) is 15.0. The van der Waals surface area contributed by atoms with Crippen molar-refractivity contribution in [1.82, 2.24) is 25.8 Å². The number of benzene rings is 3. The third-order valence-corrected chi connectivity index (χ3v) is 10.9. The Morgan fingerprint density at radius 1 is 0.515 bits per heavy atom. The summed E-state index contributed by atoms with van der Waals surface area (Å²) < 4.78 is 21.6. The highest BCUT2D eigenvalue weighted by Crippen LogP contribution is 2.31. The zero-order valence-electron chi connectivity index (χ0n) is 38.9. The molecule has 4 N–H and O–H groups in total. The summed E-state index contributed by atoms with van der Waals surface area (Å²) in [6.45, 7) is 11.5. The first-order chi connectivity index (χ1) is 30.3. The van der Waals surface area contributed by atoms with Crippen LogP contribution in [0.4, 0.5) is 9.59 Å². The number of carbonyl (C=O) groups excluding carboxylic acids is 7. The maximum Gasteiger partial charge on any atom is 0.411 e. The molecule has 0 aliphatic carbocycles. The van der Waals surface area contributed by atoms with E-state index in [9.17, 15) is 38.7 Å². The van der Waals surface area contributed by atoms with Gasteiger partial charge in [-0.1, -0.05) is 91.0 Å². The zero-order chi connectivity index (χ0) is 46.3. The van der Waals surface area contributed by atoms with Crippen molar-refractivity contribution in [2.75, 3.05) is 13.1 Å². The molecule has 0 saturated carbocycles. The van der Waals surface area contributed by atoms with Crippen LogP contribution in [0.25, 0.3) is 0 Å². The molecule has 0 bridgehead atoms. The number of likely N-dealkylation sites (tertiary alicyclic amines) is 2. The molecule has 0 radical (unpaired) electrons. The second kappa shape index (κ2) is 25.5. The Balaban J connectivity index is 0.000000360. The summed E-state index contributed by atoms with van der Waals surface area (Å²) in [5, 5.41) is 17.3. The van der Waals surface area contributed by atoms with Crippen molar-refractivity contribution >= 4 is 95.8 Å². The lowest BCUT2D eigenvalue weighted by molar-refractivity contribution is -0.169. The van der Waals surface area contributed by atoms with E-state index in [1.54, 1.807) is 41.5 Å². The summed E-state index contributed by atoms with van der Waals surface area (Å²) in [5.41, 5.74) is 1.42. The first kappa shape index (κ1) is 59.0. The second-order valence-electron chi connectivity index (χ2n) is 18.0. The summed E-state index contributed by atoms with van der Waals surface area (Å²) in [6, 6.07) is 25.7.